The van der Waals surface area contributed by atoms with Gasteiger partial charge in [-0.3, -0.25) is 9.59 Å². The largest absolute Gasteiger partial charge is 0.457 e. The predicted molar refractivity (Wildman–Crippen MR) is 120 cm³/mol. The van der Waals surface area contributed by atoms with E-state index in [1.807, 2.05) is 13.0 Å². The van der Waals surface area contributed by atoms with Gasteiger partial charge < -0.3 is 14.9 Å². The predicted octanol–water partition coefficient (Wildman–Crippen LogP) is 4.36. The SMILES string of the molecule is C=C1CC[C@H]2[C@@H](/C=C(\C)C(=O)[C@@]3(O)C[C@H](C)[C@H](O)[C@@H]3[C@H]1OC(=O)CCCCC)C2(C)C. The van der Waals surface area contributed by atoms with Crippen molar-refractivity contribution in [2.24, 2.45) is 29.1 Å². The quantitative estimate of drug-likeness (QED) is 0.383. The summed E-state index contributed by atoms with van der Waals surface area (Å²) in [4.78, 5) is 26.1. The van der Waals surface area contributed by atoms with Crippen LogP contribution in [0.25, 0.3) is 0 Å². The molecule has 0 spiro atoms. The van der Waals surface area contributed by atoms with Gasteiger partial charge in [0.15, 0.2) is 5.78 Å². The minimum atomic E-state index is -1.77. The lowest BCUT2D eigenvalue weighted by atomic mass is 9.77. The van der Waals surface area contributed by atoms with Crippen LogP contribution in [0.5, 0.6) is 0 Å². The first kappa shape index (κ1) is 24.2. The van der Waals surface area contributed by atoms with Gasteiger partial charge in [0.05, 0.1) is 12.0 Å². The molecule has 0 amide bonds. The molecular formula is C26H40O5. The zero-order valence-corrected chi connectivity index (χ0v) is 19.8. The van der Waals surface area contributed by atoms with Crippen molar-refractivity contribution in [3.63, 3.8) is 0 Å². The molecule has 0 radical (unpaired) electrons. The molecule has 0 aromatic carbocycles. The van der Waals surface area contributed by atoms with Crippen molar-refractivity contribution in [1.29, 1.82) is 0 Å². The van der Waals surface area contributed by atoms with E-state index in [2.05, 4.69) is 27.4 Å². The average Bonchev–Trinajstić information content (AvgIpc) is 3.11. The normalized spacial score (nSPS) is 41.5. The van der Waals surface area contributed by atoms with Crippen molar-refractivity contribution < 1.29 is 24.5 Å². The highest BCUT2D eigenvalue weighted by atomic mass is 16.5. The maximum Gasteiger partial charge on any atom is 0.306 e. The van der Waals surface area contributed by atoms with E-state index < -0.39 is 23.7 Å². The standard InChI is InChI=1S/C26H40O5/c1-7-8-9-10-20(27)31-23-15(2)11-12-18-19(25(18,5)6)13-16(3)24(29)26(30)14-17(4)22(28)21(23)26/h13,17-19,21-23,28,30H,2,7-12,14H2,1,3-6H3/b16-13+/t17-,18-,19+,21+,22-,23-,26+/m0/s1. The number of carbonyl (C=O) groups is 2. The molecule has 0 heterocycles. The number of carbonyl (C=O) groups excluding carboxylic acids is 2. The van der Waals surface area contributed by atoms with E-state index in [9.17, 15) is 19.8 Å². The summed E-state index contributed by atoms with van der Waals surface area (Å²) in [7, 11) is 0. The zero-order chi connectivity index (χ0) is 23.1. The van der Waals surface area contributed by atoms with Crippen molar-refractivity contribution in [2.75, 3.05) is 0 Å². The molecule has 7 atom stereocenters. The highest BCUT2D eigenvalue weighted by Gasteiger charge is 2.61. The molecule has 3 aliphatic rings. The number of fused-ring (bicyclic) bond motifs is 2. The van der Waals surface area contributed by atoms with Gasteiger partial charge in [-0.25, -0.2) is 0 Å². The van der Waals surface area contributed by atoms with Gasteiger partial charge in [0, 0.05) is 6.42 Å². The van der Waals surface area contributed by atoms with Crippen molar-refractivity contribution >= 4 is 11.8 Å². The van der Waals surface area contributed by atoms with E-state index in [0.29, 0.717) is 29.9 Å². The van der Waals surface area contributed by atoms with Crippen molar-refractivity contribution in [2.45, 2.75) is 97.4 Å². The number of allylic oxidation sites excluding steroid dienone is 1. The fraction of sp³-hybridized carbons (Fsp3) is 0.769. The van der Waals surface area contributed by atoms with Crippen LogP contribution in [0.1, 0.15) is 79.6 Å². The summed E-state index contributed by atoms with van der Waals surface area (Å²) in [6.45, 7) is 14.3. The third kappa shape index (κ3) is 4.41. The van der Waals surface area contributed by atoms with Gasteiger partial charge in [-0.05, 0) is 66.9 Å². The smallest absolute Gasteiger partial charge is 0.306 e. The molecule has 31 heavy (non-hydrogen) atoms. The second-order valence-electron chi connectivity index (χ2n) is 10.8. The van der Waals surface area contributed by atoms with Gasteiger partial charge in [0.25, 0.3) is 0 Å². The topological polar surface area (TPSA) is 83.8 Å². The second-order valence-corrected chi connectivity index (χ2v) is 10.8. The van der Waals surface area contributed by atoms with Crippen LogP contribution in [0.4, 0.5) is 0 Å². The van der Waals surface area contributed by atoms with Crippen LogP contribution in [0.15, 0.2) is 23.8 Å². The maximum atomic E-state index is 13.5. The van der Waals surface area contributed by atoms with Crippen LogP contribution in [0.3, 0.4) is 0 Å². The van der Waals surface area contributed by atoms with E-state index in [-0.39, 0.29) is 35.4 Å². The average molecular weight is 433 g/mol. The molecule has 3 rings (SSSR count). The number of aliphatic hydroxyl groups is 2. The number of esters is 1. The third-order valence-corrected chi connectivity index (χ3v) is 8.20. The Morgan fingerprint density at radius 2 is 2.00 bits per heavy atom. The number of ether oxygens (including phenoxy) is 1. The minimum absolute atomic E-state index is 0.0951. The maximum absolute atomic E-state index is 13.5. The summed E-state index contributed by atoms with van der Waals surface area (Å²) in [6.07, 6.45) is 4.85. The number of ketones is 1. The highest BCUT2D eigenvalue weighted by molar-refractivity contribution is 6.02. The lowest BCUT2D eigenvalue weighted by molar-refractivity contribution is -0.163. The van der Waals surface area contributed by atoms with Gasteiger partial charge in [0.1, 0.15) is 11.7 Å². The summed E-state index contributed by atoms with van der Waals surface area (Å²) in [5, 5.41) is 22.7. The van der Waals surface area contributed by atoms with Gasteiger partial charge in [-0.1, -0.05) is 53.2 Å². The Bertz CT molecular complexity index is 766. The Labute approximate surface area is 186 Å². The summed E-state index contributed by atoms with van der Waals surface area (Å²) in [5.74, 6) is -1.19. The Kier molecular flexibility index (Phi) is 6.88. The number of hydrogen-bond donors (Lipinski definition) is 2. The van der Waals surface area contributed by atoms with Gasteiger partial charge >= 0.3 is 5.97 Å². The van der Waals surface area contributed by atoms with Crippen molar-refractivity contribution in [3.8, 4) is 0 Å². The lowest BCUT2D eigenvalue weighted by Gasteiger charge is -2.36. The van der Waals surface area contributed by atoms with Crippen molar-refractivity contribution in [1.82, 2.24) is 0 Å². The fourth-order valence-corrected chi connectivity index (χ4v) is 6.03. The van der Waals surface area contributed by atoms with Crippen molar-refractivity contribution in [3.05, 3.63) is 23.8 Å². The Morgan fingerprint density at radius 1 is 1.32 bits per heavy atom. The van der Waals surface area contributed by atoms with E-state index in [4.69, 9.17) is 4.74 Å². The molecular weight excluding hydrogens is 392 g/mol. The first-order valence-electron chi connectivity index (χ1n) is 12.0. The van der Waals surface area contributed by atoms with E-state index in [1.54, 1.807) is 6.92 Å². The van der Waals surface area contributed by atoms with Gasteiger partial charge in [-0.2, -0.15) is 0 Å². The number of unbranched alkanes of at least 4 members (excludes halogenated alkanes) is 2. The monoisotopic (exact) mass is 432 g/mol. The number of hydrogen-bond acceptors (Lipinski definition) is 5. The van der Waals surface area contributed by atoms with Crippen LogP contribution >= 0.6 is 0 Å². The highest BCUT2D eigenvalue weighted by Crippen LogP contribution is 2.62. The summed E-state index contributed by atoms with van der Waals surface area (Å²) in [5.41, 5.74) is -0.447. The fourth-order valence-electron chi connectivity index (χ4n) is 6.03. The molecule has 0 bridgehead atoms. The molecule has 2 fully saturated rings. The molecule has 0 aromatic heterocycles. The zero-order valence-electron chi connectivity index (χ0n) is 19.8. The molecule has 0 aliphatic heterocycles. The summed E-state index contributed by atoms with van der Waals surface area (Å²) >= 11 is 0. The van der Waals surface area contributed by atoms with Crippen LogP contribution in [-0.4, -0.2) is 39.8 Å². The first-order chi connectivity index (χ1) is 14.4. The van der Waals surface area contributed by atoms with Crippen LogP contribution in [0, 0.1) is 29.1 Å². The summed E-state index contributed by atoms with van der Waals surface area (Å²) < 4.78 is 5.88. The molecule has 5 heteroatoms. The van der Waals surface area contributed by atoms with E-state index in [0.717, 1.165) is 25.7 Å². The minimum Gasteiger partial charge on any atom is -0.457 e. The molecule has 2 saturated carbocycles. The molecule has 5 nitrogen and oxygen atoms in total. The molecule has 0 unspecified atom stereocenters. The Balaban J connectivity index is 1.97. The van der Waals surface area contributed by atoms with E-state index >= 15 is 0 Å². The van der Waals surface area contributed by atoms with E-state index in [1.165, 1.54) is 0 Å². The molecule has 174 valence electrons. The Morgan fingerprint density at radius 3 is 2.65 bits per heavy atom. The van der Waals surface area contributed by atoms with Crippen LogP contribution in [0.2, 0.25) is 0 Å². The second kappa shape index (κ2) is 8.82. The molecule has 0 aromatic rings. The van der Waals surface area contributed by atoms with Crippen LogP contribution < -0.4 is 0 Å². The molecule has 3 aliphatic carbocycles. The van der Waals surface area contributed by atoms with Gasteiger partial charge in [-0.15, -0.1) is 0 Å². The first-order valence-corrected chi connectivity index (χ1v) is 12.0. The molecule has 2 N–H and O–H groups in total. The number of Topliss-reactive ketones (excluding diaryl/α,β-unsaturated/α-hetero) is 1. The number of aliphatic hydroxyl groups excluding tert-OH is 1. The lowest BCUT2D eigenvalue weighted by Crippen LogP contribution is -2.52. The third-order valence-electron chi connectivity index (χ3n) is 8.20. The van der Waals surface area contributed by atoms with Gasteiger partial charge in [0.2, 0.25) is 0 Å². The summed E-state index contributed by atoms with van der Waals surface area (Å²) in [6, 6.07) is 0. The molecule has 0 saturated heterocycles. The number of rotatable bonds is 5. The van der Waals surface area contributed by atoms with Crippen LogP contribution in [-0.2, 0) is 14.3 Å². The Hall–Kier alpha value is -1.46.